The third-order valence-electron chi connectivity index (χ3n) is 7.84. The average Bonchev–Trinajstić information content (AvgIpc) is 3.10. The molecular weight excluding hydrogens is 844 g/mol. The minimum Gasteiger partial charge on any atom is -0.505 e. The Bertz CT molecular complexity index is 2970. The summed E-state index contributed by atoms with van der Waals surface area (Å²) in [6.45, 7) is -0.254. The van der Waals surface area contributed by atoms with Crippen LogP contribution in [0.4, 0.5) is 31.7 Å². The first-order chi connectivity index (χ1) is 25.8. The van der Waals surface area contributed by atoms with Crippen molar-refractivity contribution in [3.8, 4) is 5.75 Å². The molecule has 0 aliphatic heterocycles. The van der Waals surface area contributed by atoms with Gasteiger partial charge < -0.3 is 15.7 Å². The molecule has 0 unspecified atom stereocenters. The first-order valence-electron chi connectivity index (χ1n) is 15.0. The Morgan fingerprint density at radius 2 is 1.44 bits per heavy atom. The maximum atomic E-state index is 13.8. The van der Waals surface area contributed by atoms with Crippen LogP contribution >= 0.6 is 11.6 Å². The summed E-state index contributed by atoms with van der Waals surface area (Å²) in [6.07, 6.45) is -1.42. The van der Waals surface area contributed by atoms with Crippen LogP contribution in [-0.2, 0) is 36.9 Å². The van der Waals surface area contributed by atoms with E-state index in [9.17, 15) is 57.6 Å². The molecule has 2 radical (unpaired) electrons. The van der Waals surface area contributed by atoms with Crippen molar-refractivity contribution in [3.63, 3.8) is 0 Å². The Morgan fingerprint density at radius 3 is 2.07 bits per heavy atom. The third kappa shape index (κ3) is 9.60. The second-order valence-corrected chi connectivity index (χ2v) is 15.8. The zero-order valence-corrected chi connectivity index (χ0v) is 34.2. The number of phenolic OH excluding ortho intramolecular Hbond substituents is 1. The second kappa shape index (κ2) is 17.4. The van der Waals surface area contributed by atoms with E-state index >= 15 is 0 Å². The number of anilines is 2. The summed E-state index contributed by atoms with van der Waals surface area (Å²) in [5, 5.41) is 22.0. The molecule has 0 saturated heterocycles. The third-order valence-corrected chi connectivity index (χ3v) is 10.9. The van der Waals surface area contributed by atoms with Crippen molar-refractivity contribution in [1.29, 1.82) is 0 Å². The molecule has 286 valence electrons. The molecule has 1 aromatic heterocycles. The van der Waals surface area contributed by atoms with Crippen LogP contribution in [0.2, 0.25) is 5.02 Å². The number of aromatic hydroxyl groups is 1. The maximum absolute atomic E-state index is 13.8. The van der Waals surface area contributed by atoms with Crippen LogP contribution in [0.3, 0.4) is 0 Å². The van der Waals surface area contributed by atoms with Gasteiger partial charge in [-0.2, -0.15) is 44.0 Å². The van der Waals surface area contributed by atoms with E-state index in [4.69, 9.17) is 11.6 Å². The molecular formula is C32H21ClF2LiN6NaO11S3. The van der Waals surface area contributed by atoms with Crippen LogP contribution in [0.1, 0.15) is 15.9 Å². The molecule has 17 nitrogen and oxygen atoms in total. The number of hydrogen-bond acceptors (Lipinski definition) is 13. The maximum Gasteiger partial charge on any atom is 0.313 e. The Kier molecular flexibility index (Phi) is 13.9. The molecule has 5 aromatic carbocycles. The van der Waals surface area contributed by atoms with Crippen molar-refractivity contribution < 1.29 is 57.6 Å². The Balaban J connectivity index is 0.00000360. The van der Waals surface area contributed by atoms with Crippen molar-refractivity contribution in [2.24, 2.45) is 10.2 Å². The number of phenols is 1. The predicted molar refractivity (Wildman–Crippen MR) is 203 cm³/mol. The van der Waals surface area contributed by atoms with Gasteiger partial charge in [-0.3, -0.25) is 18.5 Å². The molecule has 25 heteroatoms. The molecule has 0 aliphatic rings. The molecule has 1 amide bonds. The van der Waals surface area contributed by atoms with E-state index in [0.717, 1.165) is 18.2 Å². The molecule has 6 rings (SSSR count). The smallest absolute Gasteiger partial charge is 0.313 e. The largest absolute Gasteiger partial charge is 0.505 e. The number of aromatic nitrogens is 2. The molecule has 0 bridgehead atoms. The number of fused-ring (bicyclic) bond motifs is 2. The van der Waals surface area contributed by atoms with E-state index < -0.39 is 102 Å². The van der Waals surface area contributed by atoms with E-state index in [1.807, 2.05) is 0 Å². The summed E-state index contributed by atoms with van der Waals surface area (Å²) in [4.78, 5) is 16.2. The van der Waals surface area contributed by atoms with Crippen LogP contribution in [0.25, 0.3) is 21.5 Å². The van der Waals surface area contributed by atoms with Gasteiger partial charge in [-0.05, 0) is 47.3 Å². The van der Waals surface area contributed by atoms with Gasteiger partial charge in [0.1, 0.15) is 31.1 Å². The quantitative estimate of drug-likeness (QED) is 0.0318. The molecule has 0 saturated carbocycles. The number of benzene rings is 5. The van der Waals surface area contributed by atoms with Crippen LogP contribution in [0.5, 0.6) is 5.75 Å². The van der Waals surface area contributed by atoms with Crippen molar-refractivity contribution in [2.45, 2.75) is 21.2 Å². The number of nitrogens with one attached hydrogen (secondary N) is 2. The van der Waals surface area contributed by atoms with Gasteiger partial charge in [0.25, 0.3) is 36.3 Å². The van der Waals surface area contributed by atoms with Crippen molar-refractivity contribution >= 4 is 141 Å². The fraction of sp³-hybridized carbons (Fsp3) is 0.0312. The number of rotatable bonds is 10. The van der Waals surface area contributed by atoms with Crippen LogP contribution in [0.15, 0.2) is 104 Å². The summed E-state index contributed by atoms with van der Waals surface area (Å²) in [5.74, 6) is -3.76. The minimum absolute atomic E-state index is 0. The molecule has 6 N–H and O–H groups in total. The van der Waals surface area contributed by atoms with Crippen LogP contribution < -0.4 is 10.6 Å². The summed E-state index contributed by atoms with van der Waals surface area (Å²) in [7, 11) is -15.8. The molecule has 1 heterocycles. The van der Waals surface area contributed by atoms with E-state index in [1.165, 1.54) is 48.5 Å². The van der Waals surface area contributed by atoms with Gasteiger partial charge in [0, 0.05) is 71.3 Å². The van der Waals surface area contributed by atoms with Gasteiger partial charge >= 0.3 is 6.08 Å². The Labute approximate surface area is 360 Å². The molecule has 57 heavy (non-hydrogen) atoms. The standard InChI is InChI=1S/C32H21ClF2N6O11S3.Li.Na/c33-25-29(34)38-32(35)39-30(25)36-14-16-7-4-8-18-17(16)9-10-21(28(18)55(50,51)52)40-41-26-23(54(47,48)49)13-19-22(53(44,45)46)12-11-20(24(19)27(26)42)37-31(43)15-5-2-1-3-6-15;;/h1-13,42H,14H2,(H,37,43)(H,36,38,39)(H,44,45,46)(H,47,48,49)(H,50,51,52);;. The normalized spacial score (nSPS) is 12.0. The van der Waals surface area contributed by atoms with Crippen LogP contribution in [-0.4, -0.2) is 108 Å². The van der Waals surface area contributed by atoms with Crippen molar-refractivity contribution in [1.82, 2.24) is 9.97 Å². The molecule has 0 fully saturated rings. The number of amides is 1. The summed E-state index contributed by atoms with van der Waals surface area (Å²) >= 11 is 5.82. The van der Waals surface area contributed by atoms with E-state index in [0.29, 0.717) is 6.07 Å². The van der Waals surface area contributed by atoms with Gasteiger partial charge in [0.2, 0.25) is 5.95 Å². The molecule has 0 spiro atoms. The first kappa shape index (κ1) is 45.5. The molecule has 0 atom stereocenters. The first-order valence-corrected chi connectivity index (χ1v) is 19.7. The fourth-order valence-electron chi connectivity index (χ4n) is 5.52. The second-order valence-electron chi connectivity index (χ2n) is 11.3. The van der Waals surface area contributed by atoms with E-state index in [1.54, 1.807) is 6.07 Å². The Morgan fingerprint density at radius 1 is 0.772 bits per heavy atom. The van der Waals surface area contributed by atoms with Gasteiger partial charge in [-0.15, -0.1) is 10.2 Å². The van der Waals surface area contributed by atoms with E-state index in [-0.39, 0.29) is 82.5 Å². The van der Waals surface area contributed by atoms with Crippen LogP contribution in [0, 0.1) is 12.0 Å². The topological polar surface area (TPSA) is 275 Å². The van der Waals surface area contributed by atoms with Gasteiger partial charge in [0.15, 0.2) is 11.6 Å². The Hall–Kier alpha value is -4.15. The number of carbonyl (C=O) groups is 1. The zero-order valence-electron chi connectivity index (χ0n) is 29.0. The number of nitrogens with zero attached hydrogens (tertiary/aromatic N) is 4. The monoisotopic (exact) mass is 864 g/mol. The van der Waals surface area contributed by atoms with Gasteiger partial charge in [-0.1, -0.05) is 54.1 Å². The fourth-order valence-corrected chi connectivity index (χ4v) is 7.83. The number of halogens is 3. The summed E-state index contributed by atoms with van der Waals surface area (Å²) in [6, 6.07) is 16.2. The van der Waals surface area contributed by atoms with Gasteiger partial charge in [0.05, 0.1) is 11.1 Å². The molecule has 6 aromatic rings. The average molecular weight is 865 g/mol. The number of hydrogen-bond donors (Lipinski definition) is 6. The number of azo groups is 1. The number of carbonyl (C=O) groups excluding carboxylic acids is 1. The summed E-state index contributed by atoms with van der Waals surface area (Å²) in [5.41, 5.74) is -1.67. The summed E-state index contributed by atoms with van der Waals surface area (Å²) < 4.78 is 133. The predicted octanol–water partition coefficient (Wildman–Crippen LogP) is 5.68. The van der Waals surface area contributed by atoms with Crippen molar-refractivity contribution in [3.05, 3.63) is 107 Å². The van der Waals surface area contributed by atoms with Crippen molar-refractivity contribution in [2.75, 3.05) is 10.6 Å². The minimum atomic E-state index is -5.43. The SMILES string of the molecule is O=C(Nc1ccc(S(=O)(=O)O)c2cc(S(=O)(=O)O)c(N=Nc3ccc4c(CNc5nc(F)nc(F)c5Cl)cccc4c3S(=O)(=O)O)c(O)c12)c1ccccc1.[Li].[Na]. The zero-order chi connectivity index (χ0) is 40.0. The van der Waals surface area contributed by atoms with Gasteiger partial charge in [-0.25, -0.2) is 0 Å². The van der Waals surface area contributed by atoms with E-state index in [2.05, 4.69) is 30.8 Å². The molecule has 0 aliphatic carbocycles.